The summed E-state index contributed by atoms with van der Waals surface area (Å²) in [6.45, 7) is 8.00. The summed E-state index contributed by atoms with van der Waals surface area (Å²) in [6.07, 6.45) is 0. The fourth-order valence-electron chi connectivity index (χ4n) is 0.292. The van der Waals surface area contributed by atoms with Gasteiger partial charge in [-0.2, -0.15) is 0 Å². The molecule has 0 aliphatic heterocycles. The van der Waals surface area contributed by atoms with Gasteiger partial charge >= 0.3 is 0 Å². The Morgan fingerprint density at radius 2 is 2.11 bits per heavy atom. The van der Waals surface area contributed by atoms with Crippen molar-refractivity contribution in [2.45, 2.75) is 13.8 Å². The van der Waals surface area contributed by atoms with Crippen molar-refractivity contribution in [3.8, 4) is 0 Å². The van der Waals surface area contributed by atoms with Crippen molar-refractivity contribution in [3.05, 3.63) is 12.2 Å². The minimum atomic E-state index is 0.573. The van der Waals surface area contributed by atoms with Crippen molar-refractivity contribution in [2.75, 3.05) is 13.7 Å². The molecule has 0 fully saturated rings. The van der Waals surface area contributed by atoms with Crippen LogP contribution in [0.25, 0.3) is 0 Å². The van der Waals surface area contributed by atoms with Gasteiger partial charge in [-0.05, 0) is 12.5 Å². The van der Waals surface area contributed by atoms with Gasteiger partial charge in [0.1, 0.15) is 6.61 Å². The molecule has 0 unspecified atom stereocenters. The molecular weight excluding hydrogens is 114 g/mol. The number of hydrogen-bond acceptors (Lipinski definition) is 2. The van der Waals surface area contributed by atoms with Crippen molar-refractivity contribution < 1.29 is 4.74 Å². The summed E-state index contributed by atoms with van der Waals surface area (Å²) in [5.41, 5.74) is 1.01. The highest BCUT2D eigenvalue weighted by Crippen LogP contribution is 1.88. The highest BCUT2D eigenvalue weighted by atomic mass is 16.5. The van der Waals surface area contributed by atoms with Gasteiger partial charge in [0.15, 0.2) is 5.90 Å². The van der Waals surface area contributed by atoms with Gasteiger partial charge in [0.05, 0.1) is 0 Å². The molecule has 0 radical (unpaired) electrons. The topological polar surface area (TPSA) is 21.6 Å². The Morgan fingerprint density at radius 1 is 1.56 bits per heavy atom. The molecule has 0 saturated heterocycles. The molecule has 0 aromatic heterocycles. The molecule has 0 aromatic carbocycles. The third-order valence-corrected chi connectivity index (χ3v) is 0.842. The third kappa shape index (κ3) is 5.07. The number of ether oxygens (including phenoxy) is 1. The van der Waals surface area contributed by atoms with Crippen LogP contribution in [0.2, 0.25) is 0 Å². The molecule has 2 nitrogen and oxygen atoms in total. The largest absolute Gasteiger partial charge is 0.477 e. The molecule has 0 bridgehead atoms. The van der Waals surface area contributed by atoms with E-state index in [0.717, 1.165) is 5.57 Å². The van der Waals surface area contributed by atoms with Crippen LogP contribution < -0.4 is 0 Å². The summed E-state index contributed by atoms with van der Waals surface area (Å²) in [5.74, 6) is 0.706. The summed E-state index contributed by atoms with van der Waals surface area (Å²) in [5, 5.41) is 0. The van der Waals surface area contributed by atoms with Gasteiger partial charge in [-0.3, -0.25) is 4.99 Å². The molecular formula is C7H13NO. The van der Waals surface area contributed by atoms with Gasteiger partial charge < -0.3 is 4.74 Å². The van der Waals surface area contributed by atoms with E-state index in [-0.39, 0.29) is 0 Å². The highest BCUT2D eigenvalue weighted by molar-refractivity contribution is 5.72. The van der Waals surface area contributed by atoms with Crippen molar-refractivity contribution in [2.24, 2.45) is 4.99 Å². The van der Waals surface area contributed by atoms with Crippen molar-refractivity contribution in [1.29, 1.82) is 0 Å². The zero-order valence-electron chi connectivity index (χ0n) is 6.27. The van der Waals surface area contributed by atoms with Crippen LogP contribution in [-0.4, -0.2) is 19.6 Å². The van der Waals surface area contributed by atoms with E-state index in [4.69, 9.17) is 4.74 Å². The molecule has 0 aromatic rings. The van der Waals surface area contributed by atoms with E-state index < -0.39 is 0 Å². The van der Waals surface area contributed by atoms with Gasteiger partial charge in [-0.15, -0.1) is 0 Å². The molecule has 0 aliphatic carbocycles. The molecule has 9 heavy (non-hydrogen) atoms. The van der Waals surface area contributed by atoms with Gasteiger partial charge in [0.2, 0.25) is 0 Å². The summed E-state index contributed by atoms with van der Waals surface area (Å²) in [4.78, 5) is 3.81. The molecule has 0 saturated carbocycles. The fourth-order valence-corrected chi connectivity index (χ4v) is 0.292. The minimum Gasteiger partial charge on any atom is -0.477 e. The average molecular weight is 127 g/mol. The molecule has 0 aliphatic rings. The van der Waals surface area contributed by atoms with Gasteiger partial charge in [-0.1, -0.05) is 6.58 Å². The second-order valence-corrected chi connectivity index (χ2v) is 1.99. The molecule has 0 N–H and O–H groups in total. The zero-order chi connectivity index (χ0) is 7.28. The first kappa shape index (κ1) is 8.21. The van der Waals surface area contributed by atoms with Gasteiger partial charge in [0.25, 0.3) is 0 Å². The van der Waals surface area contributed by atoms with Crippen LogP contribution in [0.1, 0.15) is 13.8 Å². The van der Waals surface area contributed by atoms with E-state index in [9.17, 15) is 0 Å². The molecule has 0 rings (SSSR count). The number of nitrogens with zero attached hydrogens (tertiary/aromatic N) is 1. The smallest absolute Gasteiger partial charge is 0.180 e. The molecule has 2 heteroatoms. The highest BCUT2D eigenvalue weighted by Gasteiger charge is 1.87. The zero-order valence-corrected chi connectivity index (χ0v) is 6.27. The van der Waals surface area contributed by atoms with E-state index in [0.29, 0.717) is 12.5 Å². The summed E-state index contributed by atoms with van der Waals surface area (Å²) in [6, 6.07) is 0. The van der Waals surface area contributed by atoms with Crippen LogP contribution in [0.3, 0.4) is 0 Å². The lowest BCUT2D eigenvalue weighted by Gasteiger charge is -2.01. The molecule has 0 atom stereocenters. The van der Waals surface area contributed by atoms with Crippen molar-refractivity contribution in [3.63, 3.8) is 0 Å². The maximum Gasteiger partial charge on any atom is 0.180 e. The Morgan fingerprint density at radius 3 is 2.44 bits per heavy atom. The Labute approximate surface area is 56.2 Å². The van der Waals surface area contributed by atoms with Crippen LogP contribution >= 0.6 is 0 Å². The normalized spacial score (nSPS) is 11.2. The number of hydrogen-bond donors (Lipinski definition) is 0. The van der Waals surface area contributed by atoms with E-state index in [1.807, 2.05) is 13.8 Å². The van der Waals surface area contributed by atoms with E-state index in [1.54, 1.807) is 7.05 Å². The number of aliphatic imine (C=N–C) groups is 1. The lowest BCUT2D eigenvalue weighted by atomic mass is 10.4. The molecule has 0 spiro atoms. The quantitative estimate of drug-likeness (QED) is 0.314. The standard InChI is InChI=1S/C7H13NO/c1-6(2)5-9-7(3)8-4/h1,5H2,2-4H3. The number of rotatable bonds is 2. The maximum atomic E-state index is 5.10. The van der Waals surface area contributed by atoms with Crippen LogP contribution in [0.5, 0.6) is 0 Å². The fraction of sp³-hybridized carbons (Fsp3) is 0.571. The first-order valence-electron chi connectivity index (χ1n) is 2.87. The third-order valence-electron chi connectivity index (χ3n) is 0.842. The summed E-state index contributed by atoms with van der Waals surface area (Å²) >= 11 is 0. The molecule has 0 amide bonds. The van der Waals surface area contributed by atoms with Crippen molar-refractivity contribution >= 4 is 5.90 Å². The predicted molar refractivity (Wildman–Crippen MR) is 39.8 cm³/mol. The first-order chi connectivity index (χ1) is 4.16. The van der Waals surface area contributed by atoms with Crippen LogP contribution in [0, 0.1) is 0 Å². The average Bonchev–Trinajstić information content (AvgIpc) is 1.83. The summed E-state index contributed by atoms with van der Waals surface area (Å²) < 4.78 is 5.10. The monoisotopic (exact) mass is 127 g/mol. The van der Waals surface area contributed by atoms with Crippen LogP contribution in [-0.2, 0) is 4.74 Å². The Bertz CT molecular complexity index is 127. The van der Waals surface area contributed by atoms with Gasteiger partial charge in [-0.25, -0.2) is 0 Å². The minimum absolute atomic E-state index is 0.573. The predicted octanol–water partition coefficient (Wildman–Crippen LogP) is 1.63. The summed E-state index contributed by atoms with van der Waals surface area (Å²) in [7, 11) is 1.70. The van der Waals surface area contributed by atoms with Gasteiger partial charge in [0, 0.05) is 14.0 Å². The molecule has 52 valence electrons. The van der Waals surface area contributed by atoms with E-state index in [1.165, 1.54) is 0 Å². The van der Waals surface area contributed by atoms with Crippen molar-refractivity contribution in [1.82, 2.24) is 0 Å². The van der Waals surface area contributed by atoms with Crippen LogP contribution in [0.4, 0.5) is 0 Å². The van der Waals surface area contributed by atoms with E-state index in [2.05, 4.69) is 11.6 Å². The second kappa shape index (κ2) is 4.13. The van der Waals surface area contributed by atoms with E-state index >= 15 is 0 Å². The Kier molecular flexibility index (Phi) is 3.76. The lowest BCUT2D eigenvalue weighted by molar-refractivity contribution is 0.336. The SMILES string of the molecule is C=C(C)COC(C)=NC. The second-order valence-electron chi connectivity index (χ2n) is 1.99. The Balaban J connectivity index is 3.39. The van der Waals surface area contributed by atoms with Crippen LogP contribution in [0.15, 0.2) is 17.1 Å². The maximum absolute atomic E-state index is 5.10. The Hall–Kier alpha value is -0.790. The molecule has 0 heterocycles. The first-order valence-corrected chi connectivity index (χ1v) is 2.87. The lowest BCUT2D eigenvalue weighted by Crippen LogP contribution is -2.01.